The van der Waals surface area contributed by atoms with E-state index < -0.39 is 5.41 Å². The SMILES string of the molecule is c1cc(-c2ccc(N(c3ccc(-c4ccc5ccccc5c4)cc3)c3cccc4c3-c3ccccc3C43c4ccccc4-c4ccccc43)cc2)cc(-c2cccc3ccccc23)c1. The standard InChI is InChI=1S/C63H41N/c1-2-16-46-40-48(31-30-42(46)14-1)44-34-38-51(39-35-44)64(50-36-32-43(33-37-50)47-18-11-19-49(41-47)53-24-12-17-45-15-3-4-20-52(45)53)61-29-13-28-60-62(61)56-23-7-10-27-59(56)63(60)57-25-8-5-21-54(57)55-22-6-9-26-58(55)63/h1-41H. The van der Waals surface area contributed by atoms with Crippen molar-refractivity contribution in [2.45, 2.75) is 5.41 Å². The Morgan fingerprint density at radius 2 is 0.734 bits per heavy atom. The quantitative estimate of drug-likeness (QED) is 0.162. The van der Waals surface area contributed by atoms with Gasteiger partial charge in [-0.05, 0) is 136 Å². The van der Waals surface area contributed by atoms with Gasteiger partial charge in [-0.15, -0.1) is 0 Å². The normalized spacial score (nSPS) is 12.8. The van der Waals surface area contributed by atoms with Gasteiger partial charge in [-0.1, -0.05) is 206 Å². The largest absolute Gasteiger partial charge is 0.310 e. The summed E-state index contributed by atoms with van der Waals surface area (Å²) in [5.74, 6) is 0. The van der Waals surface area contributed by atoms with Gasteiger partial charge in [0, 0.05) is 16.9 Å². The number of nitrogens with zero attached hydrogens (tertiary/aromatic N) is 1. The second kappa shape index (κ2) is 14.4. The molecule has 298 valence electrons. The Labute approximate surface area is 373 Å². The minimum absolute atomic E-state index is 0.431. The highest BCUT2D eigenvalue weighted by Gasteiger charge is 2.52. The third-order valence-electron chi connectivity index (χ3n) is 13.9. The van der Waals surface area contributed by atoms with Crippen LogP contribution >= 0.6 is 0 Å². The molecule has 0 saturated heterocycles. The first-order valence-electron chi connectivity index (χ1n) is 22.2. The molecule has 1 spiro atoms. The molecule has 11 aromatic rings. The van der Waals surface area contributed by atoms with Gasteiger partial charge in [-0.25, -0.2) is 0 Å². The molecular weight excluding hydrogens is 771 g/mol. The third kappa shape index (κ3) is 5.44. The van der Waals surface area contributed by atoms with E-state index >= 15 is 0 Å². The minimum atomic E-state index is -0.431. The molecule has 0 fully saturated rings. The molecule has 0 saturated carbocycles. The van der Waals surface area contributed by atoms with E-state index in [-0.39, 0.29) is 0 Å². The monoisotopic (exact) mass is 811 g/mol. The van der Waals surface area contributed by atoms with Crippen LogP contribution in [0.15, 0.2) is 249 Å². The first-order valence-corrected chi connectivity index (χ1v) is 22.2. The van der Waals surface area contributed by atoms with E-state index in [1.165, 1.54) is 99.4 Å². The first-order chi connectivity index (χ1) is 31.7. The van der Waals surface area contributed by atoms with Crippen molar-refractivity contribution in [1.29, 1.82) is 0 Å². The van der Waals surface area contributed by atoms with Crippen LogP contribution in [0.2, 0.25) is 0 Å². The van der Waals surface area contributed by atoms with Crippen molar-refractivity contribution in [3.05, 3.63) is 271 Å². The summed E-state index contributed by atoms with van der Waals surface area (Å²) in [4.78, 5) is 2.47. The molecule has 11 aromatic carbocycles. The lowest BCUT2D eigenvalue weighted by molar-refractivity contribution is 0.794. The highest BCUT2D eigenvalue weighted by atomic mass is 15.1. The van der Waals surface area contributed by atoms with Gasteiger partial charge in [0.15, 0.2) is 0 Å². The molecule has 13 rings (SSSR count). The summed E-state index contributed by atoms with van der Waals surface area (Å²) in [5.41, 5.74) is 20.7. The van der Waals surface area contributed by atoms with Crippen LogP contribution < -0.4 is 4.90 Å². The van der Waals surface area contributed by atoms with Gasteiger partial charge in [-0.3, -0.25) is 0 Å². The Balaban J connectivity index is 0.980. The minimum Gasteiger partial charge on any atom is -0.310 e. The Bertz CT molecular complexity index is 3560. The van der Waals surface area contributed by atoms with Gasteiger partial charge in [0.1, 0.15) is 0 Å². The van der Waals surface area contributed by atoms with E-state index in [2.05, 4.69) is 254 Å². The average molecular weight is 812 g/mol. The lowest BCUT2D eigenvalue weighted by atomic mass is 9.70. The summed E-state index contributed by atoms with van der Waals surface area (Å²) in [6.45, 7) is 0. The molecule has 0 N–H and O–H groups in total. The van der Waals surface area contributed by atoms with Gasteiger partial charge in [0.25, 0.3) is 0 Å². The fourth-order valence-electron chi connectivity index (χ4n) is 11.1. The summed E-state index contributed by atoms with van der Waals surface area (Å²) in [7, 11) is 0. The van der Waals surface area contributed by atoms with Crippen LogP contribution in [0.1, 0.15) is 22.3 Å². The van der Waals surface area contributed by atoms with E-state index in [1.54, 1.807) is 0 Å². The Kier molecular flexibility index (Phi) is 8.20. The molecule has 0 unspecified atom stereocenters. The fourth-order valence-corrected chi connectivity index (χ4v) is 11.1. The summed E-state index contributed by atoms with van der Waals surface area (Å²) in [5, 5.41) is 5.02. The molecule has 0 heterocycles. The second-order valence-electron chi connectivity index (χ2n) is 17.2. The number of fused-ring (bicyclic) bond motifs is 12. The van der Waals surface area contributed by atoms with Gasteiger partial charge in [0.05, 0.1) is 11.1 Å². The zero-order valence-electron chi connectivity index (χ0n) is 35.1. The van der Waals surface area contributed by atoms with Crippen molar-refractivity contribution in [3.63, 3.8) is 0 Å². The van der Waals surface area contributed by atoms with Crippen LogP contribution in [0.3, 0.4) is 0 Å². The molecule has 64 heavy (non-hydrogen) atoms. The van der Waals surface area contributed by atoms with Gasteiger partial charge < -0.3 is 4.90 Å². The van der Waals surface area contributed by atoms with E-state index in [4.69, 9.17) is 0 Å². The van der Waals surface area contributed by atoms with Crippen molar-refractivity contribution < 1.29 is 0 Å². The van der Waals surface area contributed by atoms with E-state index in [0.29, 0.717) is 0 Å². The van der Waals surface area contributed by atoms with Crippen molar-refractivity contribution in [3.8, 4) is 55.6 Å². The Morgan fingerprint density at radius 3 is 1.44 bits per heavy atom. The van der Waals surface area contributed by atoms with Crippen LogP contribution in [0.4, 0.5) is 17.1 Å². The van der Waals surface area contributed by atoms with Crippen molar-refractivity contribution in [1.82, 2.24) is 0 Å². The molecule has 0 amide bonds. The lowest BCUT2D eigenvalue weighted by Crippen LogP contribution is -2.26. The number of rotatable bonds is 6. The second-order valence-corrected chi connectivity index (χ2v) is 17.2. The highest BCUT2D eigenvalue weighted by Crippen LogP contribution is 2.64. The number of benzene rings is 11. The van der Waals surface area contributed by atoms with Crippen LogP contribution in [-0.2, 0) is 5.41 Å². The molecule has 1 heteroatoms. The molecule has 2 aliphatic rings. The van der Waals surface area contributed by atoms with Crippen LogP contribution in [0.5, 0.6) is 0 Å². The van der Waals surface area contributed by atoms with Gasteiger partial charge in [0.2, 0.25) is 0 Å². The number of hydrogen-bond acceptors (Lipinski definition) is 1. The van der Waals surface area contributed by atoms with E-state index in [0.717, 1.165) is 17.1 Å². The van der Waals surface area contributed by atoms with Crippen molar-refractivity contribution >= 4 is 38.6 Å². The summed E-state index contributed by atoms with van der Waals surface area (Å²) < 4.78 is 0. The molecule has 0 aromatic heterocycles. The van der Waals surface area contributed by atoms with Crippen LogP contribution in [-0.4, -0.2) is 0 Å². The van der Waals surface area contributed by atoms with Crippen LogP contribution in [0.25, 0.3) is 77.2 Å². The molecule has 0 aliphatic heterocycles. The topological polar surface area (TPSA) is 3.24 Å². The lowest BCUT2D eigenvalue weighted by Gasteiger charge is -2.32. The van der Waals surface area contributed by atoms with Gasteiger partial charge in [-0.2, -0.15) is 0 Å². The third-order valence-corrected chi connectivity index (χ3v) is 13.9. The zero-order valence-corrected chi connectivity index (χ0v) is 35.1. The fraction of sp³-hybridized carbons (Fsp3) is 0.0159. The molecular formula is C63H41N. The summed E-state index contributed by atoms with van der Waals surface area (Å²) >= 11 is 0. The molecule has 0 radical (unpaired) electrons. The summed E-state index contributed by atoms with van der Waals surface area (Å²) in [6, 6.07) is 92.1. The predicted octanol–water partition coefficient (Wildman–Crippen LogP) is 16.8. The predicted molar refractivity (Wildman–Crippen MR) is 269 cm³/mol. The van der Waals surface area contributed by atoms with Crippen molar-refractivity contribution in [2.24, 2.45) is 0 Å². The van der Waals surface area contributed by atoms with Crippen molar-refractivity contribution in [2.75, 3.05) is 4.90 Å². The summed E-state index contributed by atoms with van der Waals surface area (Å²) in [6.07, 6.45) is 0. The number of anilines is 3. The smallest absolute Gasteiger partial charge is 0.0726 e. The van der Waals surface area contributed by atoms with E-state index in [1.807, 2.05) is 0 Å². The Morgan fingerprint density at radius 1 is 0.266 bits per heavy atom. The molecule has 0 bridgehead atoms. The maximum Gasteiger partial charge on any atom is 0.0726 e. The first kappa shape index (κ1) is 36.4. The van der Waals surface area contributed by atoms with Crippen LogP contribution in [0, 0.1) is 0 Å². The van der Waals surface area contributed by atoms with Gasteiger partial charge >= 0.3 is 0 Å². The maximum absolute atomic E-state index is 2.47. The maximum atomic E-state index is 2.47. The number of hydrogen-bond donors (Lipinski definition) is 0. The van der Waals surface area contributed by atoms with E-state index in [9.17, 15) is 0 Å². The zero-order chi connectivity index (χ0) is 42.2. The molecule has 0 atom stereocenters. The molecule has 1 nitrogen and oxygen atoms in total. The average Bonchev–Trinajstić information content (AvgIpc) is 3.85. The highest BCUT2D eigenvalue weighted by molar-refractivity contribution is 6.02. The molecule has 2 aliphatic carbocycles. The Hall–Kier alpha value is -8.26.